The molecule has 5 aromatic rings. The minimum absolute atomic E-state index is 0.0153. The summed E-state index contributed by atoms with van der Waals surface area (Å²) in [5.74, 6) is 0. The summed E-state index contributed by atoms with van der Waals surface area (Å²) < 4.78 is 1.89. The number of rotatable bonds is 5. The lowest BCUT2D eigenvalue weighted by molar-refractivity contribution is 0.713. The first-order valence-electron chi connectivity index (χ1n) is 13.0. The number of thioether (sulfide) groups is 1. The van der Waals surface area contributed by atoms with Gasteiger partial charge < -0.3 is 0 Å². The maximum atomic E-state index is 14.4. The van der Waals surface area contributed by atoms with Crippen LogP contribution in [-0.2, 0) is 12.8 Å². The van der Waals surface area contributed by atoms with Gasteiger partial charge in [-0.3, -0.25) is 9.36 Å². The first kappa shape index (κ1) is 24.2. The summed E-state index contributed by atoms with van der Waals surface area (Å²) in [5, 5.41) is 1.60. The lowest BCUT2D eigenvalue weighted by Crippen LogP contribution is -2.23. The van der Waals surface area contributed by atoms with Crippen molar-refractivity contribution in [3.05, 3.63) is 122 Å². The molecule has 1 aliphatic rings. The van der Waals surface area contributed by atoms with Crippen LogP contribution in [0.15, 0.2) is 88.8 Å². The van der Waals surface area contributed by atoms with E-state index in [2.05, 4.69) is 80.6 Å². The molecule has 0 bridgehead atoms. The van der Waals surface area contributed by atoms with Gasteiger partial charge in [0.2, 0.25) is 0 Å². The molecule has 186 valence electrons. The van der Waals surface area contributed by atoms with E-state index in [0.717, 1.165) is 45.9 Å². The number of hydrogen-bond donors (Lipinski definition) is 0. The molecule has 0 radical (unpaired) electrons. The van der Waals surface area contributed by atoms with Crippen molar-refractivity contribution in [2.45, 2.75) is 56.4 Å². The quantitative estimate of drug-likeness (QED) is 0.132. The minimum atomic E-state index is 0.0153. The van der Waals surface area contributed by atoms with Crippen LogP contribution in [-0.4, -0.2) is 9.55 Å². The lowest BCUT2D eigenvalue weighted by Gasteiger charge is -2.21. The fourth-order valence-corrected chi connectivity index (χ4v) is 7.94. The number of nitrogens with zero attached hydrogens (tertiary/aromatic N) is 2. The average Bonchev–Trinajstić information content (AvgIpc) is 3.10. The largest absolute Gasteiger partial charge is 0.268 e. The molecule has 5 heteroatoms. The Morgan fingerprint density at radius 3 is 2.22 bits per heavy atom. The van der Waals surface area contributed by atoms with E-state index in [9.17, 15) is 4.79 Å². The first-order chi connectivity index (χ1) is 18.1. The maximum absolute atomic E-state index is 14.4. The van der Waals surface area contributed by atoms with E-state index in [4.69, 9.17) is 4.98 Å². The van der Waals surface area contributed by atoms with E-state index in [1.165, 1.54) is 40.0 Å². The van der Waals surface area contributed by atoms with Crippen molar-refractivity contribution in [1.29, 1.82) is 0 Å². The summed E-state index contributed by atoms with van der Waals surface area (Å²) in [6.07, 6.45) is 5.59. The summed E-state index contributed by atoms with van der Waals surface area (Å²) in [4.78, 5) is 21.9. The molecule has 0 spiro atoms. The second-order valence-electron chi connectivity index (χ2n) is 9.89. The Kier molecular flexibility index (Phi) is 6.74. The van der Waals surface area contributed by atoms with Crippen molar-refractivity contribution in [3.8, 4) is 5.69 Å². The van der Waals surface area contributed by atoms with Gasteiger partial charge in [0, 0.05) is 4.88 Å². The molecular formula is C32H30N2OS2. The molecule has 37 heavy (non-hydrogen) atoms. The molecule has 2 heterocycles. The zero-order chi connectivity index (χ0) is 25.4. The van der Waals surface area contributed by atoms with E-state index in [0.29, 0.717) is 0 Å². The second kappa shape index (κ2) is 10.3. The van der Waals surface area contributed by atoms with Gasteiger partial charge in [-0.2, -0.15) is 0 Å². The van der Waals surface area contributed by atoms with Gasteiger partial charge >= 0.3 is 0 Å². The number of benzene rings is 3. The van der Waals surface area contributed by atoms with Crippen molar-refractivity contribution < 1.29 is 0 Å². The molecule has 0 atom stereocenters. The highest BCUT2D eigenvalue weighted by molar-refractivity contribution is 7.99. The Labute approximate surface area is 226 Å². The predicted octanol–water partition coefficient (Wildman–Crippen LogP) is 8.21. The van der Waals surface area contributed by atoms with E-state index in [-0.39, 0.29) is 10.8 Å². The Morgan fingerprint density at radius 2 is 1.54 bits per heavy atom. The van der Waals surface area contributed by atoms with Crippen LogP contribution in [0.2, 0.25) is 0 Å². The number of fused-ring (bicyclic) bond motifs is 3. The molecule has 0 amide bonds. The van der Waals surface area contributed by atoms with E-state index >= 15 is 0 Å². The molecule has 0 fully saturated rings. The summed E-state index contributed by atoms with van der Waals surface area (Å²) in [6.45, 7) is 4.18. The van der Waals surface area contributed by atoms with Crippen molar-refractivity contribution in [1.82, 2.24) is 9.55 Å². The van der Waals surface area contributed by atoms with Crippen LogP contribution >= 0.6 is 23.1 Å². The Morgan fingerprint density at radius 1 is 0.865 bits per heavy atom. The minimum Gasteiger partial charge on any atom is -0.268 e. The summed E-state index contributed by atoms with van der Waals surface area (Å²) >= 11 is 3.40. The van der Waals surface area contributed by atoms with Crippen molar-refractivity contribution in [2.24, 2.45) is 0 Å². The zero-order valence-corrected chi connectivity index (χ0v) is 22.9. The van der Waals surface area contributed by atoms with Crippen LogP contribution < -0.4 is 5.56 Å². The smallest absolute Gasteiger partial charge is 0.267 e. The maximum Gasteiger partial charge on any atom is 0.267 e. The van der Waals surface area contributed by atoms with E-state index < -0.39 is 0 Å². The third-order valence-corrected chi connectivity index (χ3v) is 9.68. The van der Waals surface area contributed by atoms with Crippen LogP contribution in [0.3, 0.4) is 0 Å². The van der Waals surface area contributed by atoms with Crippen LogP contribution in [0.4, 0.5) is 0 Å². The van der Waals surface area contributed by atoms with Crippen LogP contribution in [0.1, 0.15) is 57.2 Å². The third kappa shape index (κ3) is 4.67. The molecule has 0 saturated carbocycles. The van der Waals surface area contributed by atoms with Gasteiger partial charge in [-0.15, -0.1) is 11.3 Å². The normalized spacial score (nSPS) is 13.6. The van der Waals surface area contributed by atoms with E-state index in [1.807, 2.05) is 16.7 Å². The molecule has 3 nitrogen and oxygen atoms in total. The standard InChI is InChI=1S/C32H30N2OS2/c1-21-18-19-26(22(2)20-21)34-31(35)28-25-16-10-5-11-17-27(25)36-30(28)33-32(34)37-29(23-12-6-3-7-13-23)24-14-8-4-9-15-24/h3-4,6-9,12-15,18-20,29H,5,10-11,16-17H2,1-2H3. The number of aromatic nitrogens is 2. The number of aryl methyl sites for hydroxylation is 4. The highest BCUT2D eigenvalue weighted by atomic mass is 32.2. The predicted molar refractivity (Wildman–Crippen MR) is 157 cm³/mol. The molecule has 1 aliphatic carbocycles. The van der Waals surface area contributed by atoms with Gasteiger partial charge in [-0.25, -0.2) is 4.98 Å². The van der Waals surface area contributed by atoms with Crippen LogP contribution in [0.25, 0.3) is 15.9 Å². The van der Waals surface area contributed by atoms with Crippen molar-refractivity contribution in [3.63, 3.8) is 0 Å². The SMILES string of the molecule is Cc1ccc(-n2c(SC(c3ccccc3)c3ccccc3)nc3sc4c(c3c2=O)CCCCC4)c(C)c1. The second-order valence-corrected chi connectivity index (χ2v) is 12.0. The van der Waals surface area contributed by atoms with Gasteiger partial charge in [-0.1, -0.05) is 96.5 Å². The van der Waals surface area contributed by atoms with Gasteiger partial charge in [0.1, 0.15) is 4.83 Å². The van der Waals surface area contributed by atoms with Crippen molar-refractivity contribution >= 4 is 33.3 Å². The monoisotopic (exact) mass is 522 g/mol. The summed E-state index contributed by atoms with van der Waals surface area (Å²) in [7, 11) is 0. The van der Waals surface area contributed by atoms with Gasteiger partial charge in [0.25, 0.3) is 5.56 Å². The summed E-state index contributed by atoms with van der Waals surface area (Å²) in [6, 6.07) is 27.4. The molecule has 0 saturated heterocycles. The molecule has 2 aromatic heterocycles. The Balaban J connectivity index is 1.60. The van der Waals surface area contributed by atoms with Gasteiger partial charge in [0.05, 0.1) is 16.3 Å². The van der Waals surface area contributed by atoms with Crippen LogP contribution in [0, 0.1) is 13.8 Å². The van der Waals surface area contributed by atoms with Gasteiger partial charge in [-0.05, 0) is 67.9 Å². The highest BCUT2D eigenvalue weighted by Crippen LogP contribution is 2.42. The van der Waals surface area contributed by atoms with Gasteiger partial charge in [0.15, 0.2) is 5.16 Å². The topological polar surface area (TPSA) is 34.9 Å². The Hall–Kier alpha value is -3.15. The average molecular weight is 523 g/mol. The molecule has 0 N–H and O–H groups in total. The third-order valence-electron chi connectivity index (χ3n) is 7.23. The number of hydrogen-bond acceptors (Lipinski definition) is 4. The molecule has 3 aromatic carbocycles. The number of thiophene rings is 1. The highest BCUT2D eigenvalue weighted by Gasteiger charge is 2.25. The molecular weight excluding hydrogens is 492 g/mol. The summed E-state index contributed by atoms with van der Waals surface area (Å²) in [5.41, 5.74) is 6.90. The molecule has 0 aliphatic heterocycles. The van der Waals surface area contributed by atoms with Crippen molar-refractivity contribution in [2.75, 3.05) is 0 Å². The fourth-order valence-electron chi connectivity index (χ4n) is 5.40. The Bertz CT molecular complexity index is 1580. The van der Waals surface area contributed by atoms with E-state index in [1.54, 1.807) is 23.1 Å². The molecule has 0 unspecified atom stereocenters. The fraction of sp³-hybridized carbons (Fsp3) is 0.250. The molecule has 6 rings (SSSR count). The first-order valence-corrected chi connectivity index (χ1v) is 14.7. The zero-order valence-electron chi connectivity index (χ0n) is 21.2. The lowest BCUT2D eigenvalue weighted by atomic mass is 10.0. The van der Waals surface area contributed by atoms with Crippen LogP contribution in [0.5, 0.6) is 0 Å².